The van der Waals surface area contributed by atoms with Crippen LogP contribution in [0, 0.1) is 20.7 Å². The van der Waals surface area contributed by atoms with Crippen molar-refractivity contribution in [3.8, 4) is 6.07 Å². The largest absolute Gasteiger partial charge is 0.357 e. The normalized spacial score (nSPS) is 10.5. The molecule has 124 valence electrons. The minimum Gasteiger partial charge on any atom is -0.357 e. The van der Waals surface area contributed by atoms with Crippen molar-refractivity contribution in [2.75, 3.05) is 5.32 Å². The molecule has 1 N–H and O–H groups in total. The molecule has 0 aliphatic carbocycles. The van der Waals surface area contributed by atoms with Gasteiger partial charge in [0.25, 0.3) is 0 Å². The molecule has 0 amide bonds. The Morgan fingerprint density at radius 1 is 1.04 bits per heavy atom. The highest BCUT2D eigenvalue weighted by Gasteiger charge is 2.21. The summed E-state index contributed by atoms with van der Waals surface area (Å²) in [6.07, 6.45) is 0. The van der Waals surface area contributed by atoms with Crippen molar-refractivity contribution in [2.24, 2.45) is 0 Å². The van der Waals surface area contributed by atoms with Gasteiger partial charge in [-0.15, -0.1) is 0 Å². The number of benzene rings is 2. The lowest BCUT2D eigenvalue weighted by molar-refractivity contribution is 0.614. The van der Waals surface area contributed by atoms with E-state index in [9.17, 15) is 4.39 Å². The van der Waals surface area contributed by atoms with E-state index in [4.69, 9.17) is 16.9 Å². The first kappa shape index (κ1) is 17.6. The molecule has 0 unspecified atom stereocenters. The average molecular weight is 464 g/mol. The summed E-state index contributed by atoms with van der Waals surface area (Å²) in [5.41, 5.74) is 1.97. The van der Waals surface area contributed by atoms with Gasteiger partial charge in [0.1, 0.15) is 11.6 Å². The molecular formula is C19H12ClFIN3. The molecule has 0 bridgehead atoms. The van der Waals surface area contributed by atoms with E-state index in [0.29, 0.717) is 0 Å². The smallest absolute Gasteiger partial charge is 0.180 e. The molecule has 1 aromatic heterocycles. The Balaban J connectivity index is 2.07. The second-order valence-corrected chi connectivity index (χ2v) is 6.70. The van der Waals surface area contributed by atoms with Gasteiger partial charge in [-0.25, -0.2) is 9.37 Å². The van der Waals surface area contributed by atoms with Gasteiger partial charge in [0, 0.05) is 0 Å². The SMILES string of the molecule is N#Cc1c(Cl)nc(NC(c2ccccc2)c2ccccc2)c(F)c1I. The fourth-order valence-corrected chi connectivity index (χ4v) is 3.50. The quantitative estimate of drug-likeness (QED) is 0.407. The lowest BCUT2D eigenvalue weighted by Gasteiger charge is -2.21. The van der Waals surface area contributed by atoms with Crippen LogP contribution in [0.25, 0.3) is 0 Å². The van der Waals surface area contributed by atoms with Crippen LogP contribution >= 0.6 is 34.2 Å². The van der Waals surface area contributed by atoms with E-state index in [2.05, 4.69) is 10.3 Å². The van der Waals surface area contributed by atoms with Crippen molar-refractivity contribution in [3.63, 3.8) is 0 Å². The highest BCUT2D eigenvalue weighted by atomic mass is 127. The molecule has 3 nitrogen and oxygen atoms in total. The lowest BCUT2D eigenvalue weighted by atomic mass is 9.99. The zero-order valence-corrected chi connectivity index (χ0v) is 15.8. The summed E-state index contributed by atoms with van der Waals surface area (Å²) in [6, 6.07) is 20.9. The van der Waals surface area contributed by atoms with Crippen LogP contribution in [0.4, 0.5) is 10.2 Å². The molecule has 0 radical (unpaired) electrons. The number of nitrogens with zero attached hydrogens (tertiary/aromatic N) is 2. The Bertz CT molecular complexity index is 887. The number of nitriles is 1. The third-order valence-electron chi connectivity index (χ3n) is 3.70. The van der Waals surface area contributed by atoms with Crippen LogP contribution in [-0.4, -0.2) is 4.98 Å². The molecule has 0 aliphatic heterocycles. The van der Waals surface area contributed by atoms with E-state index in [0.717, 1.165) is 11.1 Å². The van der Waals surface area contributed by atoms with Gasteiger partial charge in [-0.2, -0.15) is 5.26 Å². The topological polar surface area (TPSA) is 48.7 Å². The number of aromatic nitrogens is 1. The van der Waals surface area contributed by atoms with Gasteiger partial charge in [-0.1, -0.05) is 72.3 Å². The number of hydrogen-bond acceptors (Lipinski definition) is 3. The van der Waals surface area contributed by atoms with Gasteiger partial charge in [0.2, 0.25) is 0 Å². The summed E-state index contributed by atoms with van der Waals surface area (Å²) in [5.74, 6) is -0.565. The average Bonchev–Trinajstić information content (AvgIpc) is 2.65. The van der Waals surface area contributed by atoms with Crippen molar-refractivity contribution in [1.29, 1.82) is 5.26 Å². The van der Waals surface area contributed by atoms with Crippen molar-refractivity contribution in [2.45, 2.75) is 6.04 Å². The Morgan fingerprint density at radius 3 is 2.04 bits per heavy atom. The molecule has 2 aromatic carbocycles. The first-order valence-corrected chi connectivity index (χ1v) is 8.88. The summed E-state index contributed by atoms with van der Waals surface area (Å²) in [4.78, 5) is 4.05. The number of nitrogens with one attached hydrogen (secondary N) is 1. The molecule has 3 aromatic rings. The first-order valence-electron chi connectivity index (χ1n) is 7.43. The monoisotopic (exact) mass is 463 g/mol. The van der Waals surface area contributed by atoms with Crippen LogP contribution in [0.5, 0.6) is 0 Å². The van der Waals surface area contributed by atoms with Crippen LogP contribution in [0.15, 0.2) is 60.7 Å². The maximum Gasteiger partial charge on any atom is 0.180 e. The Labute approximate surface area is 163 Å². The summed E-state index contributed by atoms with van der Waals surface area (Å²) < 4.78 is 14.8. The highest BCUT2D eigenvalue weighted by molar-refractivity contribution is 14.1. The Hall–Kier alpha value is -2.17. The number of rotatable bonds is 4. The molecule has 0 saturated carbocycles. The van der Waals surface area contributed by atoms with Crippen molar-refractivity contribution < 1.29 is 4.39 Å². The molecule has 6 heteroatoms. The molecule has 1 heterocycles. The third-order valence-corrected chi connectivity index (χ3v) is 4.98. The molecule has 0 aliphatic rings. The summed E-state index contributed by atoms with van der Waals surface area (Å²) in [6.45, 7) is 0. The second kappa shape index (κ2) is 7.81. The van der Waals surface area contributed by atoms with Crippen molar-refractivity contribution >= 4 is 40.0 Å². The third kappa shape index (κ3) is 3.75. The van der Waals surface area contributed by atoms with E-state index in [1.54, 1.807) is 22.6 Å². The Morgan fingerprint density at radius 2 is 1.56 bits per heavy atom. The Kier molecular flexibility index (Phi) is 5.51. The molecule has 3 rings (SSSR count). The number of halogens is 3. The van der Waals surface area contributed by atoms with Crippen molar-refractivity contribution in [1.82, 2.24) is 4.98 Å². The van der Waals surface area contributed by atoms with E-state index >= 15 is 0 Å². The van der Waals surface area contributed by atoms with E-state index in [1.165, 1.54) is 0 Å². The maximum absolute atomic E-state index is 14.7. The molecule has 0 fully saturated rings. The van der Waals surface area contributed by atoms with Crippen LogP contribution in [0.1, 0.15) is 22.7 Å². The van der Waals surface area contributed by atoms with Gasteiger partial charge in [-0.3, -0.25) is 0 Å². The van der Waals surface area contributed by atoms with Crippen LogP contribution in [0.2, 0.25) is 5.15 Å². The van der Waals surface area contributed by atoms with E-state index < -0.39 is 5.82 Å². The maximum atomic E-state index is 14.7. The fraction of sp³-hybridized carbons (Fsp3) is 0.0526. The van der Waals surface area contributed by atoms with Crippen LogP contribution in [0.3, 0.4) is 0 Å². The van der Waals surface area contributed by atoms with Gasteiger partial charge in [-0.05, 0) is 33.7 Å². The zero-order chi connectivity index (χ0) is 17.8. The van der Waals surface area contributed by atoms with Gasteiger partial charge in [0.05, 0.1) is 9.61 Å². The molecular weight excluding hydrogens is 452 g/mol. The summed E-state index contributed by atoms with van der Waals surface area (Å²) in [5, 5.41) is 12.2. The fourth-order valence-electron chi connectivity index (χ4n) is 2.49. The molecule has 25 heavy (non-hydrogen) atoms. The number of pyridine rings is 1. The summed E-state index contributed by atoms with van der Waals surface area (Å²) in [7, 11) is 0. The predicted molar refractivity (Wildman–Crippen MR) is 105 cm³/mol. The number of anilines is 1. The van der Waals surface area contributed by atoms with Crippen LogP contribution < -0.4 is 5.32 Å². The lowest BCUT2D eigenvalue weighted by Crippen LogP contribution is -2.15. The van der Waals surface area contributed by atoms with Crippen LogP contribution in [-0.2, 0) is 0 Å². The second-order valence-electron chi connectivity index (χ2n) is 5.26. The standard InChI is InChI=1S/C19H12ClFIN3/c20-18-14(11-23)16(22)15(21)19(25-18)24-17(12-7-3-1-4-8-12)13-9-5-2-6-10-13/h1-10,17H,(H,24,25). The van der Waals surface area contributed by atoms with E-state index in [1.807, 2.05) is 66.7 Å². The van der Waals surface area contributed by atoms with E-state index in [-0.39, 0.29) is 26.1 Å². The summed E-state index contributed by atoms with van der Waals surface area (Å²) >= 11 is 7.81. The molecule has 0 saturated heterocycles. The molecule has 0 atom stereocenters. The van der Waals surface area contributed by atoms with Gasteiger partial charge >= 0.3 is 0 Å². The number of hydrogen-bond donors (Lipinski definition) is 1. The van der Waals surface area contributed by atoms with Gasteiger partial charge < -0.3 is 5.32 Å². The highest BCUT2D eigenvalue weighted by Crippen LogP contribution is 2.31. The molecule has 0 spiro atoms. The van der Waals surface area contributed by atoms with Crippen molar-refractivity contribution in [3.05, 3.63) is 91.9 Å². The zero-order valence-electron chi connectivity index (χ0n) is 12.9. The first-order chi connectivity index (χ1) is 12.1. The van der Waals surface area contributed by atoms with Gasteiger partial charge in [0.15, 0.2) is 16.8 Å². The predicted octanol–water partition coefficient (Wildman–Crippen LogP) is 5.55. The minimum atomic E-state index is -0.585. The minimum absolute atomic E-state index is 0.0179.